The van der Waals surface area contributed by atoms with E-state index in [9.17, 15) is 32.9 Å². The van der Waals surface area contributed by atoms with E-state index in [1.807, 2.05) is 0 Å². The van der Waals surface area contributed by atoms with Crippen LogP contribution in [-0.4, -0.2) is 28.2 Å². The van der Waals surface area contributed by atoms with Gasteiger partial charge >= 0.3 is 12.1 Å². The van der Waals surface area contributed by atoms with Crippen LogP contribution in [0.5, 0.6) is 5.75 Å². The second-order valence-corrected chi connectivity index (χ2v) is 12.4. The molecule has 0 fully saturated rings. The second-order valence-electron chi connectivity index (χ2n) is 9.63. The maximum atomic E-state index is 14.4. The van der Waals surface area contributed by atoms with E-state index in [-0.39, 0.29) is 44.6 Å². The number of benzene rings is 3. The number of halogens is 6. The molecular weight excluding hydrogens is 738 g/mol. The summed E-state index contributed by atoms with van der Waals surface area (Å²) in [5.74, 6) is -1.03. The van der Waals surface area contributed by atoms with E-state index in [0.29, 0.717) is 32.0 Å². The fourth-order valence-corrected chi connectivity index (χ4v) is 6.72. The van der Waals surface area contributed by atoms with E-state index < -0.39 is 39.9 Å². The zero-order valence-electron chi connectivity index (χ0n) is 23.3. The Bertz CT molecular complexity index is 2060. The third-order valence-corrected chi connectivity index (χ3v) is 8.68. The van der Waals surface area contributed by atoms with Gasteiger partial charge in [-0.3, -0.25) is 19.5 Å². The number of nitrogens with zero attached hydrogens (tertiary/aromatic N) is 3. The van der Waals surface area contributed by atoms with Crippen molar-refractivity contribution < 1.29 is 32.4 Å². The molecular formula is C30H19BrCl2F3N3O6S. The van der Waals surface area contributed by atoms with Gasteiger partial charge in [0.25, 0.3) is 11.2 Å². The molecule has 238 valence electrons. The van der Waals surface area contributed by atoms with Crippen molar-refractivity contribution in [3.05, 3.63) is 133 Å². The maximum absolute atomic E-state index is 14.4. The first-order chi connectivity index (χ1) is 21.8. The topological polar surface area (TPSA) is 113 Å². The van der Waals surface area contributed by atoms with Crippen molar-refractivity contribution in [1.29, 1.82) is 0 Å². The Morgan fingerprint density at radius 2 is 1.80 bits per heavy atom. The number of thiazole rings is 1. The average Bonchev–Trinajstić information content (AvgIpc) is 3.30. The lowest BCUT2D eigenvalue weighted by Crippen LogP contribution is -2.41. The summed E-state index contributed by atoms with van der Waals surface area (Å²) in [6, 6.07) is 12.9. The Morgan fingerprint density at radius 1 is 1.13 bits per heavy atom. The van der Waals surface area contributed by atoms with Gasteiger partial charge in [0.05, 0.1) is 32.2 Å². The summed E-state index contributed by atoms with van der Waals surface area (Å²) >= 11 is 16.4. The normalized spacial score (nSPS) is 14.9. The van der Waals surface area contributed by atoms with Crippen molar-refractivity contribution in [2.75, 3.05) is 6.61 Å². The molecule has 1 aliphatic rings. The van der Waals surface area contributed by atoms with Crippen LogP contribution in [0.1, 0.15) is 29.7 Å². The maximum Gasteiger partial charge on any atom is 0.434 e. The molecule has 4 aromatic rings. The van der Waals surface area contributed by atoms with Gasteiger partial charge in [-0.15, -0.1) is 0 Å². The molecule has 0 amide bonds. The molecule has 1 aromatic heterocycles. The van der Waals surface area contributed by atoms with Gasteiger partial charge in [-0.05, 0) is 76.5 Å². The number of esters is 1. The van der Waals surface area contributed by atoms with Crippen molar-refractivity contribution in [2.45, 2.75) is 25.7 Å². The monoisotopic (exact) mass is 755 g/mol. The van der Waals surface area contributed by atoms with Gasteiger partial charge in [0.15, 0.2) is 10.5 Å². The first-order valence-electron chi connectivity index (χ1n) is 13.2. The number of nitro benzene ring substituents is 1. The number of carbonyl (C=O) groups is 1. The minimum atomic E-state index is -5.06. The van der Waals surface area contributed by atoms with Crippen LogP contribution in [0.3, 0.4) is 0 Å². The zero-order chi connectivity index (χ0) is 33.3. The summed E-state index contributed by atoms with van der Waals surface area (Å²) in [5.41, 5.74) is -2.06. The molecule has 0 bridgehead atoms. The van der Waals surface area contributed by atoms with Gasteiger partial charge in [0.2, 0.25) is 0 Å². The largest absolute Gasteiger partial charge is 0.487 e. The molecule has 3 aromatic carbocycles. The predicted octanol–water partition coefficient (Wildman–Crippen LogP) is 6.90. The first-order valence-corrected chi connectivity index (χ1v) is 15.6. The van der Waals surface area contributed by atoms with E-state index in [0.717, 1.165) is 4.57 Å². The molecule has 0 unspecified atom stereocenters. The Labute approximate surface area is 280 Å². The van der Waals surface area contributed by atoms with E-state index in [1.54, 1.807) is 6.07 Å². The molecule has 5 rings (SSSR count). The summed E-state index contributed by atoms with van der Waals surface area (Å²) in [4.78, 5) is 40.9. The van der Waals surface area contributed by atoms with Crippen LogP contribution in [0.25, 0.3) is 6.08 Å². The highest BCUT2D eigenvalue weighted by Crippen LogP contribution is 2.39. The second kappa shape index (κ2) is 13.4. The Kier molecular flexibility index (Phi) is 9.73. The number of ether oxygens (including phenoxy) is 2. The van der Waals surface area contributed by atoms with E-state index in [1.165, 1.54) is 67.6 Å². The van der Waals surface area contributed by atoms with Crippen LogP contribution in [0.4, 0.5) is 18.9 Å². The number of carbonyl (C=O) groups excluding carboxylic acids is 1. The minimum Gasteiger partial charge on any atom is -0.487 e. The van der Waals surface area contributed by atoms with Gasteiger partial charge in [-0.1, -0.05) is 46.7 Å². The highest BCUT2D eigenvalue weighted by molar-refractivity contribution is 9.10. The van der Waals surface area contributed by atoms with Crippen LogP contribution < -0.4 is 19.6 Å². The smallest absolute Gasteiger partial charge is 0.434 e. The average molecular weight is 757 g/mol. The van der Waals surface area contributed by atoms with Gasteiger partial charge in [-0.2, -0.15) is 13.2 Å². The van der Waals surface area contributed by atoms with Gasteiger partial charge in [-0.25, -0.2) is 9.79 Å². The van der Waals surface area contributed by atoms with E-state index in [4.69, 9.17) is 32.7 Å². The third kappa shape index (κ3) is 6.89. The SMILES string of the molecule is CCOC(=O)C1=C(C(F)(F)F)N=c2s/c(=C\c3cc(Cl)cc(Br)c3OCc3ccc([N+](=O)[O-])cc3)c(=O)n2[C@H]1c1ccc(Cl)cc1. The van der Waals surface area contributed by atoms with Crippen LogP contribution >= 0.6 is 50.5 Å². The van der Waals surface area contributed by atoms with Crippen molar-refractivity contribution >= 4 is 68.2 Å². The molecule has 1 aliphatic heterocycles. The fraction of sp³-hybridized carbons (Fsp3) is 0.167. The third-order valence-electron chi connectivity index (χ3n) is 6.63. The molecule has 46 heavy (non-hydrogen) atoms. The lowest BCUT2D eigenvalue weighted by Gasteiger charge is -2.26. The van der Waals surface area contributed by atoms with Gasteiger partial charge in [0, 0.05) is 27.7 Å². The summed E-state index contributed by atoms with van der Waals surface area (Å²) in [5, 5.41) is 11.5. The molecule has 0 radical (unpaired) electrons. The molecule has 0 saturated heterocycles. The molecule has 0 N–H and O–H groups in total. The van der Waals surface area contributed by atoms with Crippen molar-refractivity contribution in [1.82, 2.24) is 4.57 Å². The number of aromatic nitrogens is 1. The molecule has 9 nitrogen and oxygen atoms in total. The number of non-ortho nitro benzene ring substituents is 1. The number of allylic oxidation sites excluding steroid dienone is 1. The molecule has 1 atom stereocenters. The first kappa shape index (κ1) is 33.4. The molecule has 16 heteroatoms. The van der Waals surface area contributed by atoms with Crippen LogP contribution in [0, 0.1) is 10.1 Å². The quantitative estimate of drug-likeness (QED) is 0.110. The van der Waals surface area contributed by atoms with Crippen LogP contribution in [0.2, 0.25) is 10.0 Å². The Balaban J connectivity index is 1.67. The van der Waals surface area contributed by atoms with Crippen LogP contribution in [0.15, 0.2) is 86.2 Å². The summed E-state index contributed by atoms with van der Waals surface area (Å²) in [7, 11) is 0. The van der Waals surface area contributed by atoms with Crippen LogP contribution in [-0.2, 0) is 16.1 Å². The zero-order valence-corrected chi connectivity index (χ0v) is 27.2. The standard InChI is InChI=1S/C30H19BrCl2F3N3O6S/c1-2-44-28(41)23-24(16-5-7-18(32)8-6-16)38-27(40)22(46-29(38)37-26(23)30(34,35)36)12-17-11-19(33)13-21(31)25(17)45-14-15-3-9-20(10-4-15)39(42)43/h3-13,24H,2,14H2,1H3/b22-12-/t24-/m0/s1. The summed E-state index contributed by atoms with van der Waals surface area (Å²) in [6.45, 7) is 1.22. The fourth-order valence-electron chi connectivity index (χ4n) is 4.65. The molecule has 0 aliphatic carbocycles. The number of nitro groups is 1. The minimum absolute atomic E-state index is 0.0191. The molecule has 0 spiro atoms. The molecule has 0 saturated carbocycles. The van der Waals surface area contributed by atoms with Crippen molar-refractivity contribution in [2.24, 2.45) is 4.99 Å². The highest BCUT2D eigenvalue weighted by atomic mass is 79.9. The summed E-state index contributed by atoms with van der Waals surface area (Å²) in [6.07, 6.45) is -3.66. The van der Waals surface area contributed by atoms with E-state index in [2.05, 4.69) is 20.9 Å². The summed E-state index contributed by atoms with van der Waals surface area (Å²) < 4.78 is 55.5. The van der Waals surface area contributed by atoms with E-state index >= 15 is 0 Å². The van der Waals surface area contributed by atoms with Crippen molar-refractivity contribution in [3.8, 4) is 5.75 Å². The number of alkyl halides is 3. The van der Waals surface area contributed by atoms with Gasteiger partial charge < -0.3 is 9.47 Å². The lowest BCUT2D eigenvalue weighted by molar-refractivity contribution is -0.384. The molecule has 2 heterocycles. The number of hydrogen-bond acceptors (Lipinski definition) is 8. The van der Waals surface area contributed by atoms with Crippen molar-refractivity contribution in [3.63, 3.8) is 0 Å². The number of hydrogen-bond donors (Lipinski definition) is 0. The predicted molar refractivity (Wildman–Crippen MR) is 169 cm³/mol. The number of fused-ring (bicyclic) bond motifs is 1. The lowest BCUT2D eigenvalue weighted by atomic mass is 9.95. The van der Waals surface area contributed by atoms with Gasteiger partial charge in [0.1, 0.15) is 12.4 Å². The highest BCUT2D eigenvalue weighted by Gasteiger charge is 2.45. The number of rotatable bonds is 8. The Morgan fingerprint density at radius 3 is 2.41 bits per heavy atom. The Hall–Kier alpha value is -3.98.